The minimum absolute atomic E-state index is 0.0276. The predicted molar refractivity (Wildman–Crippen MR) is 96.5 cm³/mol. The van der Waals surface area contributed by atoms with Crippen molar-refractivity contribution in [3.63, 3.8) is 0 Å². The second-order valence-corrected chi connectivity index (χ2v) is 6.02. The molecular formula is C17H16F2INO4. The van der Waals surface area contributed by atoms with E-state index in [-0.39, 0.29) is 18.2 Å². The summed E-state index contributed by atoms with van der Waals surface area (Å²) in [6.07, 6.45) is 0. The number of para-hydroxylation sites is 1. The van der Waals surface area contributed by atoms with Gasteiger partial charge in [-0.1, -0.05) is 18.2 Å². The third-order valence-corrected chi connectivity index (χ3v) is 4.24. The van der Waals surface area contributed by atoms with Gasteiger partial charge in [0.05, 0.1) is 19.8 Å². The minimum atomic E-state index is -2.93. The zero-order valence-electron chi connectivity index (χ0n) is 13.5. The molecule has 1 amide bonds. The van der Waals surface area contributed by atoms with Gasteiger partial charge in [-0.05, 0) is 40.8 Å². The van der Waals surface area contributed by atoms with Crippen molar-refractivity contribution in [2.24, 2.45) is 0 Å². The van der Waals surface area contributed by atoms with Crippen LogP contribution in [0.15, 0.2) is 36.4 Å². The number of amides is 1. The van der Waals surface area contributed by atoms with Crippen LogP contribution in [0.5, 0.6) is 17.2 Å². The van der Waals surface area contributed by atoms with Gasteiger partial charge in [0.15, 0.2) is 11.5 Å². The molecule has 1 N–H and O–H groups in total. The Morgan fingerprint density at radius 2 is 1.76 bits per heavy atom. The van der Waals surface area contributed by atoms with Crippen molar-refractivity contribution >= 4 is 28.5 Å². The van der Waals surface area contributed by atoms with E-state index in [9.17, 15) is 13.6 Å². The lowest BCUT2D eigenvalue weighted by Gasteiger charge is -2.13. The monoisotopic (exact) mass is 463 g/mol. The molecule has 2 aromatic carbocycles. The van der Waals surface area contributed by atoms with Crippen LogP contribution >= 0.6 is 22.6 Å². The van der Waals surface area contributed by atoms with Gasteiger partial charge >= 0.3 is 6.61 Å². The van der Waals surface area contributed by atoms with E-state index in [4.69, 9.17) is 9.47 Å². The lowest BCUT2D eigenvalue weighted by atomic mass is 10.1. The van der Waals surface area contributed by atoms with Crippen LogP contribution in [0.1, 0.15) is 15.9 Å². The van der Waals surface area contributed by atoms with Crippen LogP contribution in [0, 0.1) is 3.57 Å². The van der Waals surface area contributed by atoms with E-state index in [1.807, 2.05) is 22.6 Å². The van der Waals surface area contributed by atoms with E-state index in [0.717, 1.165) is 0 Å². The van der Waals surface area contributed by atoms with Crippen LogP contribution in [0.3, 0.4) is 0 Å². The molecule has 0 saturated heterocycles. The van der Waals surface area contributed by atoms with Gasteiger partial charge in [0.25, 0.3) is 5.91 Å². The summed E-state index contributed by atoms with van der Waals surface area (Å²) in [4.78, 5) is 12.4. The number of methoxy groups -OCH3 is 2. The van der Waals surface area contributed by atoms with Gasteiger partial charge in [-0.25, -0.2) is 0 Å². The highest BCUT2D eigenvalue weighted by Gasteiger charge is 2.16. The Morgan fingerprint density at radius 3 is 2.40 bits per heavy atom. The Bertz CT molecular complexity index is 755. The Hall–Kier alpha value is -2.10. The summed E-state index contributed by atoms with van der Waals surface area (Å²) in [6, 6.07) is 9.55. The quantitative estimate of drug-likeness (QED) is 0.635. The predicted octanol–water partition coefficient (Wildman–Crippen LogP) is 3.84. The number of nitrogens with one attached hydrogen (secondary N) is 1. The molecule has 0 fully saturated rings. The molecule has 0 atom stereocenters. The first-order chi connectivity index (χ1) is 12.0. The third-order valence-electron chi connectivity index (χ3n) is 3.35. The highest BCUT2D eigenvalue weighted by molar-refractivity contribution is 14.1. The maximum absolute atomic E-state index is 12.4. The summed E-state index contributed by atoms with van der Waals surface area (Å²) in [5.74, 6) is 0.602. The third kappa shape index (κ3) is 4.94. The smallest absolute Gasteiger partial charge is 0.387 e. The standard InChI is InChI=1S/C17H16F2INO4/c1-23-14-7-11(12(20)8-15(14)24-2)16(22)21-9-10-5-3-4-6-13(10)25-17(18)19/h3-8,17H,9H2,1-2H3,(H,21,22). The van der Waals surface area contributed by atoms with E-state index in [2.05, 4.69) is 10.1 Å². The molecule has 0 unspecified atom stereocenters. The van der Waals surface area contributed by atoms with Crippen LogP contribution < -0.4 is 19.5 Å². The summed E-state index contributed by atoms with van der Waals surface area (Å²) >= 11 is 2.01. The van der Waals surface area contributed by atoms with Gasteiger partial charge in [0, 0.05) is 15.7 Å². The van der Waals surface area contributed by atoms with Gasteiger partial charge in [0.2, 0.25) is 0 Å². The molecule has 0 aliphatic carbocycles. The van der Waals surface area contributed by atoms with E-state index >= 15 is 0 Å². The fourth-order valence-corrected chi connectivity index (χ4v) is 2.84. The topological polar surface area (TPSA) is 56.8 Å². The molecule has 0 heterocycles. The number of benzene rings is 2. The molecule has 134 valence electrons. The minimum Gasteiger partial charge on any atom is -0.493 e. The molecule has 2 rings (SSSR count). The lowest BCUT2D eigenvalue weighted by Crippen LogP contribution is -2.24. The van der Waals surface area contributed by atoms with Crippen LogP contribution in [-0.4, -0.2) is 26.7 Å². The number of hydrogen-bond acceptors (Lipinski definition) is 4. The van der Waals surface area contributed by atoms with E-state index in [1.165, 1.54) is 20.3 Å². The first-order valence-electron chi connectivity index (χ1n) is 7.18. The van der Waals surface area contributed by atoms with Crippen LogP contribution in [0.25, 0.3) is 0 Å². The highest BCUT2D eigenvalue weighted by atomic mass is 127. The first-order valence-corrected chi connectivity index (χ1v) is 8.26. The molecule has 0 aromatic heterocycles. The van der Waals surface area contributed by atoms with Gasteiger partial charge in [0.1, 0.15) is 5.75 Å². The molecule has 0 bridgehead atoms. The van der Waals surface area contributed by atoms with E-state index in [0.29, 0.717) is 26.2 Å². The van der Waals surface area contributed by atoms with Gasteiger partial charge in [-0.15, -0.1) is 0 Å². The van der Waals surface area contributed by atoms with Crippen LogP contribution in [-0.2, 0) is 6.54 Å². The Labute approximate surface area is 157 Å². The van der Waals surface area contributed by atoms with Crippen molar-refractivity contribution < 1.29 is 27.8 Å². The maximum Gasteiger partial charge on any atom is 0.387 e. The first kappa shape index (κ1) is 19.2. The SMILES string of the molecule is COc1cc(I)c(C(=O)NCc2ccccc2OC(F)F)cc1OC. The number of hydrogen-bond donors (Lipinski definition) is 1. The van der Waals surface area contributed by atoms with Crippen molar-refractivity contribution in [1.82, 2.24) is 5.32 Å². The van der Waals surface area contributed by atoms with Crippen molar-refractivity contribution in [1.29, 1.82) is 0 Å². The molecule has 2 aromatic rings. The summed E-state index contributed by atoms with van der Waals surface area (Å²) in [7, 11) is 2.98. The molecule has 8 heteroatoms. The number of carbonyl (C=O) groups excluding carboxylic acids is 1. The van der Waals surface area contributed by atoms with Crippen LogP contribution in [0.4, 0.5) is 8.78 Å². The molecule has 0 saturated carbocycles. The molecule has 0 spiro atoms. The van der Waals surface area contributed by atoms with E-state index in [1.54, 1.807) is 30.3 Å². The summed E-state index contributed by atoms with van der Waals surface area (Å²) in [5, 5.41) is 2.69. The summed E-state index contributed by atoms with van der Waals surface area (Å²) in [6.45, 7) is -2.88. The van der Waals surface area contributed by atoms with E-state index < -0.39 is 6.61 Å². The molecular weight excluding hydrogens is 447 g/mol. The second-order valence-electron chi connectivity index (χ2n) is 4.86. The largest absolute Gasteiger partial charge is 0.493 e. The average Bonchev–Trinajstić information content (AvgIpc) is 2.59. The molecule has 0 aliphatic heterocycles. The van der Waals surface area contributed by atoms with Crippen molar-refractivity contribution in [2.75, 3.05) is 14.2 Å². The fraction of sp³-hybridized carbons (Fsp3) is 0.235. The number of carbonyl (C=O) groups is 1. The lowest BCUT2D eigenvalue weighted by molar-refractivity contribution is -0.0504. The van der Waals surface area contributed by atoms with Crippen molar-refractivity contribution in [3.05, 3.63) is 51.1 Å². The highest BCUT2D eigenvalue weighted by Crippen LogP contribution is 2.31. The van der Waals surface area contributed by atoms with Gasteiger partial charge < -0.3 is 19.5 Å². The Morgan fingerprint density at radius 1 is 1.12 bits per heavy atom. The van der Waals surface area contributed by atoms with Gasteiger partial charge in [-0.3, -0.25) is 4.79 Å². The number of halogens is 3. The number of alkyl halides is 2. The fourth-order valence-electron chi connectivity index (χ4n) is 2.16. The second kappa shape index (κ2) is 8.84. The Kier molecular flexibility index (Phi) is 6.80. The molecule has 0 aliphatic rings. The van der Waals surface area contributed by atoms with Gasteiger partial charge in [-0.2, -0.15) is 8.78 Å². The molecule has 0 radical (unpaired) electrons. The van der Waals surface area contributed by atoms with Crippen molar-refractivity contribution in [2.45, 2.75) is 13.2 Å². The summed E-state index contributed by atoms with van der Waals surface area (Å²) < 4.78 is 40.4. The van der Waals surface area contributed by atoms with Crippen molar-refractivity contribution in [3.8, 4) is 17.2 Å². The number of rotatable bonds is 7. The molecule has 25 heavy (non-hydrogen) atoms. The van der Waals surface area contributed by atoms with Crippen LogP contribution in [0.2, 0.25) is 0 Å². The zero-order chi connectivity index (χ0) is 18.4. The Balaban J connectivity index is 2.16. The number of ether oxygens (including phenoxy) is 3. The molecule has 5 nitrogen and oxygen atoms in total. The normalized spacial score (nSPS) is 10.5. The zero-order valence-corrected chi connectivity index (χ0v) is 15.7. The maximum atomic E-state index is 12.4. The average molecular weight is 463 g/mol. The summed E-state index contributed by atoms with van der Waals surface area (Å²) in [5.41, 5.74) is 0.845.